The molecule has 0 fully saturated rings. The highest BCUT2D eigenvalue weighted by molar-refractivity contribution is 6.96. The summed E-state index contributed by atoms with van der Waals surface area (Å²) in [4.78, 5) is 12.3. The molecular weight excluding hydrogens is 487 g/mol. The minimum Gasteiger partial charge on any atom is -0.494 e. The third-order valence-corrected chi connectivity index (χ3v) is 18.4. The summed E-state index contributed by atoms with van der Waals surface area (Å²) in [6, 6.07) is 16.8. The molecular formula is C27H41NO4Si3. The SMILES string of the molecule is C[Si](C)(C)C[Si](C)(CCCCCOc1ccc(C(=O)Oc2ccc(C#N)cc2)cc1)O[Si](C)(C)C. The van der Waals surface area contributed by atoms with E-state index < -0.39 is 30.7 Å². The first-order valence-electron chi connectivity index (χ1n) is 12.4. The van der Waals surface area contributed by atoms with Crippen molar-refractivity contribution < 1.29 is 18.4 Å². The summed E-state index contributed by atoms with van der Waals surface area (Å²) in [6.45, 7) is 17.4. The molecule has 2 aromatic carbocycles. The second kappa shape index (κ2) is 12.7. The number of esters is 1. The van der Waals surface area contributed by atoms with Gasteiger partial charge < -0.3 is 13.6 Å². The smallest absolute Gasteiger partial charge is 0.343 e. The fourth-order valence-corrected chi connectivity index (χ4v) is 22.4. The van der Waals surface area contributed by atoms with Gasteiger partial charge in [-0.05, 0) is 92.9 Å². The Hall–Kier alpha value is -2.19. The molecule has 0 aliphatic carbocycles. The van der Waals surface area contributed by atoms with Gasteiger partial charge in [-0.15, -0.1) is 0 Å². The number of nitrogens with zero attached hydrogens (tertiary/aromatic N) is 1. The van der Waals surface area contributed by atoms with Gasteiger partial charge in [-0.1, -0.05) is 32.5 Å². The van der Waals surface area contributed by atoms with Crippen LogP contribution < -0.4 is 9.47 Å². The zero-order valence-electron chi connectivity index (χ0n) is 22.4. The molecule has 0 N–H and O–H groups in total. The first-order valence-corrected chi connectivity index (χ1v) is 22.4. The molecule has 0 aliphatic heterocycles. The number of ether oxygens (including phenoxy) is 2. The summed E-state index contributed by atoms with van der Waals surface area (Å²) in [5.41, 5.74) is 2.31. The zero-order chi connectivity index (χ0) is 26.1. The molecule has 0 amide bonds. The van der Waals surface area contributed by atoms with Crippen molar-refractivity contribution in [2.45, 2.75) is 76.8 Å². The number of unbranched alkanes of at least 4 members (excludes halogenated alkanes) is 2. The van der Waals surface area contributed by atoms with Crippen LogP contribution in [0, 0.1) is 11.3 Å². The van der Waals surface area contributed by atoms with E-state index in [0.717, 1.165) is 18.6 Å². The van der Waals surface area contributed by atoms with Crippen molar-refractivity contribution >= 4 is 30.7 Å². The van der Waals surface area contributed by atoms with Gasteiger partial charge in [-0.2, -0.15) is 5.26 Å². The van der Waals surface area contributed by atoms with Crippen LogP contribution in [-0.2, 0) is 4.12 Å². The lowest BCUT2D eigenvalue weighted by Crippen LogP contribution is -2.49. The highest BCUT2D eigenvalue weighted by atomic mass is 28.4. The van der Waals surface area contributed by atoms with Crippen molar-refractivity contribution in [3.63, 3.8) is 0 Å². The Kier molecular flexibility index (Phi) is 10.5. The van der Waals surface area contributed by atoms with Crippen LogP contribution in [0.25, 0.3) is 0 Å². The number of benzene rings is 2. The summed E-state index contributed by atoms with van der Waals surface area (Å²) < 4.78 is 18.0. The molecule has 2 aromatic rings. The summed E-state index contributed by atoms with van der Waals surface area (Å²) >= 11 is 0. The van der Waals surface area contributed by atoms with E-state index in [1.807, 2.05) is 6.07 Å². The van der Waals surface area contributed by atoms with E-state index in [9.17, 15) is 4.79 Å². The number of carbonyl (C=O) groups is 1. The monoisotopic (exact) mass is 527 g/mol. The Morgan fingerprint density at radius 2 is 1.43 bits per heavy atom. The van der Waals surface area contributed by atoms with Crippen LogP contribution in [0.15, 0.2) is 48.5 Å². The molecule has 0 saturated carbocycles. The van der Waals surface area contributed by atoms with Crippen molar-refractivity contribution in [2.24, 2.45) is 0 Å². The van der Waals surface area contributed by atoms with Crippen molar-refractivity contribution in [3.05, 3.63) is 59.7 Å². The maximum Gasteiger partial charge on any atom is 0.343 e. The van der Waals surface area contributed by atoms with Crippen LogP contribution >= 0.6 is 0 Å². The van der Waals surface area contributed by atoms with Gasteiger partial charge in [0.1, 0.15) is 11.5 Å². The number of hydrogen-bond donors (Lipinski definition) is 0. The Bertz CT molecular complexity index is 972. The average Bonchev–Trinajstić information content (AvgIpc) is 2.74. The highest BCUT2D eigenvalue weighted by Crippen LogP contribution is 2.30. The molecule has 1 atom stereocenters. The lowest BCUT2D eigenvalue weighted by molar-refractivity contribution is 0.0734. The Morgan fingerprint density at radius 3 is 1.97 bits per heavy atom. The fourth-order valence-electron chi connectivity index (χ4n) is 4.46. The maximum atomic E-state index is 12.3. The number of rotatable bonds is 13. The van der Waals surface area contributed by atoms with E-state index in [4.69, 9.17) is 18.9 Å². The molecule has 0 heterocycles. The van der Waals surface area contributed by atoms with Gasteiger partial charge in [0.25, 0.3) is 0 Å². The van der Waals surface area contributed by atoms with Gasteiger partial charge in [0.15, 0.2) is 16.6 Å². The Morgan fingerprint density at radius 1 is 0.829 bits per heavy atom. The largest absolute Gasteiger partial charge is 0.494 e. The molecule has 0 radical (unpaired) electrons. The van der Waals surface area contributed by atoms with Crippen LogP contribution in [0.4, 0.5) is 0 Å². The molecule has 35 heavy (non-hydrogen) atoms. The second-order valence-corrected chi connectivity index (χ2v) is 26.6. The van der Waals surface area contributed by atoms with Crippen LogP contribution in [0.1, 0.15) is 35.2 Å². The molecule has 8 heteroatoms. The van der Waals surface area contributed by atoms with Crippen LogP contribution in [-0.4, -0.2) is 37.3 Å². The first kappa shape index (κ1) is 29.0. The lowest BCUT2D eigenvalue weighted by atomic mass is 10.2. The van der Waals surface area contributed by atoms with Crippen LogP contribution in [0.5, 0.6) is 11.5 Å². The topological polar surface area (TPSA) is 68.5 Å². The van der Waals surface area contributed by atoms with E-state index in [2.05, 4.69) is 45.8 Å². The molecule has 0 bridgehead atoms. The quantitative estimate of drug-likeness (QED) is 0.116. The molecule has 0 aromatic heterocycles. The standard InChI is InChI=1S/C27H41NO4Si3/c1-33(2,3)22-35(7,32-34(4,5)6)20-10-8-9-19-30-25-17-13-24(14-18-25)27(29)31-26-15-11-23(21-28)12-16-26/h11-18H,8-10,19-20,22H2,1-7H3. The number of hydrogen-bond acceptors (Lipinski definition) is 5. The maximum absolute atomic E-state index is 12.3. The number of nitriles is 1. The third-order valence-electron chi connectivity index (χ3n) is 5.36. The third kappa shape index (κ3) is 11.4. The highest BCUT2D eigenvalue weighted by Gasteiger charge is 2.37. The molecule has 5 nitrogen and oxygen atoms in total. The van der Waals surface area contributed by atoms with E-state index in [0.29, 0.717) is 23.5 Å². The van der Waals surface area contributed by atoms with E-state index in [-0.39, 0.29) is 0 Å². The minimum atomic E-state index is -1.67. The molecule has 0 saturated heterocycles. The molecule has 0 aliphatic rings. The van der Waals surface area contributed by atoms with Crippen molar-refractivity contribution in [3.8, 4) is 17.6 Å². The summed E-state index contributed by atoms with van der Waals surface area (Å²) in [5, 5.41) is 8.85. The van der Waals surface area contributed by atoms with Gasteiger partial charge in [0.2, 0.25) is 0 Å². The summed E-state index contributed by atoms with van der Waals surface area (Å²) in [5.74, 6) is 0.723. The summed E-state index contributed by atoms with van der Waals surface area (Å²) in [7, 11) is -4.37. The van der Waals surface area contributed by atoms with Gasteiger partial charge in [0.05, 0.1) is 23.8 Å². The Labute approximate surface area is 214 Å². The first-order chi connectivity index (χ1) is 16.3. The van der Waals surface area contributed by atoms with E-state index >= 15 is 0 Å². The van der Waals surface area contributed by atoms with Crippen molar-refractivity contribution in [1.82, 2.24) is 0 Å². The summed E-state index contributed by atoms with van der Waals surface area (Å²) in [6.07, 6.45) is 3.34. The van der Waals surface area contributed by atoms with Gasteiger partial charge in [0, 0.05) is 8.07 Å². The predicted octanol–water partition coefficient (Wildman–Crippen LogP) is 7.63. The van der Waals surface area contributed by atoms with Gasteiger partial charge in [-0.25, -0.2) is 4.79 Å². The van der Waals surface area contributed by atoms with Gasteiger partial charge in [-0.3, -0.25) is 0 Å². The molecule has 2 rings (SSSR count). The normalized spacial score (nSPS) is 13.5. The van der Waals surface area contributed by atoms with Gasteiger partial charge >= 0.3 is 5.97 Å². The second-order valence-electron chi connectivity index (χ2n) is 11.6. The minimum absolute atomic E-state index is 0.411. The number of carbonyl (C=O) groups excluding carboxylic acids is 1. The molecule has 190 valence electrons. The van der Waals surface area contributed by atoms with E-state index in [1.54, 1.807) is 48.5 Å². The molecule has 1 unspecified atom stereocenters. The zero-order valence-corrected chi connectivity index (χ0v) is 25.4. The molecule has 0 spiro atoms. The fraction of sp³-hybridized carbons (Fsp3) is 0.481. The van der Waals surface area contributed by atoms with Crippen molar-refractivity contribution in [1.29, 1.82) is 5.26 Å². The Balaban J connectivity index is 1.75. The van der Waals surface area contributed by atoms with E-state index in [1.165, 1.54) is 18.1 Å². The van der Waals surface area contributed by atoms with Crippen molar-refractivity contribution in [2.75, 3.05) is 6.61 Å². The van der Waals surface area contributed by atoms with Crippen LogP contribution in [0.2, 0.25) is 57.5 Å². The predicted molar refractivity (Wildman–Crippen MR) is 151 cm³/mol. The lowest BCUT2D eigenvalue weighted by Gasteiger charge is -2.38. The van der Waals surface area contributed by atoms with Crippen LogP contribution in [0.3, 0.4) is 0 Å². The average molecular weight is 528 g/mol.